The van der Waals surface area contributed by atoms with Crippen LogP contribution in [0.1, 0.15) is 0 Å². The van der Waals surface area contributed by atoms with Crippen molar-refractivity contribution in [3.8, 4) is 0 Å². The molecule has 0 aliphatic rings. The number of nitrogens with zero attached hydrogens (tertiary/aromatic N) is 3. The Bertz CT molecular complexity index is 703. The summed E-state index contributed by atoms with van der Waals surface area (Å²) in [7, 11) is -5.23. The maximum absolute atomic E-state index is 10.6. The number of carbonyl (C=O) groups excluding carboxylic acids is 3. The van der Waals surface area contributed by atoms with Crippen LogP contribution in [0.2, 0.25) is 0 Å². The minimum absolute atomic E-state index is 0.319. The second-order valence-electron chi connectivity index (χ2n) is 3.23. The van der Waals surface area contributed by atoms with E-state index in [-0.39, 0.29) is 4.90 Å². The summed E-state index contributed by atoms with van der Waals surface area (Å²) >= 11 is 0. The molecule has 0 fully saturated rings. The summed E-state index contributed by atoms with van der Waals surface area (Å²) in [6.07, 6.45) is 2.85. The van der Waals surface area contributed by atoms with E-state index >= 15 is 0 Å². The third-order valence-corrected chi connectivity index (χ3v) is 9.56. The maximum Gasteiger partial charge on any atom is 0.322 e. The van der Waals surface area contributed by atoms with E-state index in [1.165, 1.54) is 18.2 Å². The molecule has 106 valence electrons. The van der Waals surface area contributed by atoms with Crippen LogP contribution >= 0.6 is 6.72 Å². The van der Waals surface area contributed by atoms with E-state index in [4.69, 9.17) is 0 Å². The van der Waals surface area contributed by atoms with Crippen molar-refractivity contribution in [2.24, 2.45) is 13.2 Å². The van der Waals surface area contributed by atoms with E-state index in [0.29, 0.717) is 0 Å². The van der Waals surface area contributed by atoms with Crippen molar-refractivity contribution in [3.63, 3.8) is 0 Å². The molecule has 0 saturated heterocycles. The average Bonchev–Trinajstić information content (AvgIpc) is 2.39. The highest BCUT2D eigenvalue weighted by Gasteiger charge is 2.46. The highest BCUT2D eigenvalue weighted by Crippen LogP contribution is 2.61. The fourth-order valence-corrected chi connectivity index (χ4v) is 6.00. The van der Waals surface area contributed by atoms with E-state index in [1.807, 2.05) is 0 Å². The summed E-state index contributed by atoms with van der Waals surface area (Å²) in [5.74, 6) is 0. The second kappa shape index (κ2) is 5.56. The van der Waals surface area contributed by atoms with Crippen molar-refractivity contribution < 1.29 is 29.1 Å². The molecular weight excluding hydrogens is 309 g/mol. The van der Waals surface area contributed by atoms with E-state index in [0.717, 1.165) is 30.4 Å². The molecular formula is C9H8N3O6PS. The van der Waals surface area contributed by atoms with Gasteiger partial charge in [-0.05, 0) is 12.1 Å². The zero-order valence-electron chi connectivity index (χ0n) is 9.65. The molecule has 0 radical (unpaired) electrons. The number of hydrogen-bond acceptors (Lipinski definition) is 3. The molecule has 0 spiro atoms. The summed E-state index contributed by atoms with van der Waals surface area (Å²) < 4.78 is 9.16. The molecule has 0 bridgehead atoms. The lowest BCUT2D eigenvalue weighted by molar-refractivity contribution is 0.361. The normalized spacial score (nSPS) is 12.8. The first-order chi connectivity index (χ1) is 9.37. The predicted molar refractivity (Wildman–Crippen MR) is 70.0 cm³/mol. The second-order valence-corrected chi connectivity index (χ2v) is 10.5. The van der Waals surface area contributed by atoms with Gasteiger partial charge < -0.3 is 14.7 Å². The third kappa shape index (κ3) is 2.15. The Hall–Kier alpha value is -1.98. The number of benzene rings is 1. The Morgan fingerprint density at radius 2 is 1.25 bits per heavy atom. The standard InChI is InChI=1S/C9H8N3O6PS/c13-6-10-20(11-7-14,12-8-15,19(16,17)18)9-4-2-1-3-5-9/h1-5,16-18H. The van der Waals surface area contributed by atoms with Gasteiger partial charge in [-0.2, -0.15) is 0 Å². The molecule has 11 heteroatoms. The first kappa shape index (κ1) is 16.1. The van der Waals surface area contributed by atoms with Gasteiger partial charge in [0.15, 0.2) is 0 Å². The van der Waals surface area contributed by atoms with Crippen molar-refractivity contribution in [1.82, 2.24) is 0 Å². The Balaban J connectivity index is 4.40. The highest BCUT2D eigenvalue weighted by molar-refractivity contribution is 8.48. The number of hydrogen-bond donors (Lipinski definition) is 3. The number of isocyanates is 3. The molecule has 0 atom stereocenters. The molecule has 1 aromatic rings. The Morgan fingerprint density at radius 3 is 1.55 bits per heavy atom. The lowest BCUT2D eigenvalue weighted by Crippen LogP contribution is -2.26. The molecule has 0 aromatic heterocycles. The topological polar surface area (TPSA) is 149 Å². The molecule has 0 heterocycles. The molecule has 20 heavy (non-hydrogen) atoms. The largest absolute Gasteiger partial charge is 0.326 e. The summed E-state index contributed by atoms with van der Waals surface area (Å²) in [4.78, 5) is 60.6. The molecule has 0 saturated carbocycles. The SMILES string of the molecule is O=C=NS(N=C=O)(N=C=O)(c1ccccc1)=P(O)(O)O. The van der Waals surface area contributed by atoms with Crippen molar-refractivity contribution in [1.29, 1.82) is 0 Å². The van der Waals surface area contributed by atoms with Gasteiger partial charge in [-0.3, -0.25) is 0 Å². The van der Waals surface area contributed by atoms with Crippen LogP contribution in [0, 0.1) is 0 Å². The molecule has 0 amide bonds. The fraction of sp³-hybridized carbons (Fsp3) is 0. The predicted octanol–water partition coefficient (Wildman–Crippen LogP) is 0.142. The van der Waals surface area contributed by atoms with Gasteiger partial charge in [-0.1, -0.05) is 18.2 Å². The summed E-state index contributed by atoms with van der Waals surface area (Å²) in [5, 5.41) is 0. The van der Waals surface area contributed by atoms with Crippen LogP contribution in [0.4, 0.5) is 0 Å². The average molecular weight is 317 g/mol. The van der Waals surface area contributed by atoms with Gasteiger partial charge in [-0.15, -0.1) is 13.2 Å². The van der Waals surface area contributed by atoms with Gasteiger partial charge >= 0.3 is 6.72 Å². The van der Waals surface area contributed by atoms with Crippen LogP contribution in [0.15, 0.2) is 48.4 Å². The molecule has 9 nitrogen and oxygen atoms in total. The lowest BCUT2D eigenvalue weighted by Gasteiger charge is -2.35. The van der Waals surface area contributed by atoms with E-state index in [2.05, 4.69) is 13.2 Å². The van der Waals surface area contributed by atoms with Gasteiger partial charge in [0, 0.05) is 4.90 Å². The molecule has 0 aliphatic carbocycles. The zero-order chi connectivity index (χ0) is 15.3. The third-order valence-electron chi connectivity index (χ3n) is 2.23. The number of rotatable bonds is 4. The van der Waals surface area contributed by atoms with Crippen molar-refractivity contribution in [3.05, 3.63) is 30.3 Å². The molecule has 1 rings (SSSR count). The molecule has 0 aliphatic heterocycles. The van der Waals surface area contributed by atoms with Crippen LogP contribution in [0.5, 0.6) is 0 Å². The highest BCUT2D eigenvalue weighted by atomic mass is 32.6. The molecule has 1 aromatic carbocycles. The van der Waals surface area contributed by atoms with Crippen LogP contribution in [-0.4, -0.2) is 32.9 Å². The van der Waals surface area contributed by atoms with E-state index in [9.17, 15) is 29.1 Å². The van der Waals surface area contributed by atoms with Gasteiger partial charge in [-0.25, -0.2) is 14.4 Å². The first-order valence-electron chi connectivity index (χ1n) is 4.73. The van der Waals surface area contributed by atoms with Crippen LogP contribution in [0.25, 0.3) is 0 Å². The molecule has 3 N–H and O–H groups in total. The van der Waals surface area contributed by atoms with Crippen LogP contribution < -0.4 is 0 Å². The van der Waals surface area contributed by atoms with Crippen molar-refractivity contribution >= 4 is 33.9 Å². The van der Waals surface area contributed by atoms with Gasteiger partial charge in [0.1, 0.15) is 8.90 Å². The molecule has 0 unspecified atom stereocenters. The Kier molecular flexibility index (Phi) is 4.47. The van der Waals surface area contributed by atoms with Crippen LogP contribution in [0.3, 0.4) is 0 Å². The minimum Gasteiger partial charge on any atom is -0.326 e. The van der Waals surface area contributed by atoms with Gasteiger partial charge in [0.25, 0.3) is 0 Å². The van der Waals surface area contributed by atoms with Crippen LogP contribution in [-0.2, 0) is 23.3 Å². The van der Waals surface area contributed by atoms with Gasteiger partial charge in [0.2, 0.25) is 18.2 Å². The van der Waals surface area contributed by atoms with E-state index in [1.54, 1.807) is 0 Å². The van der Waals surface area contributed by atoms with E-state index < -0.39 is 15.6 Å². The Morgan fingerprint density at radius 1 is 0.850 bits per heavy atom. The fourth-order valence-electron chi connectivity index (χ4n) is 1.39. The first-order valence-corrected chi connectivity index (χ1v) is 8.89. The summed E-state index contributed by atoms with van der Waals surface area (Å²) in [6, 6.07) is 6.55. The Labute approximate surface area is 112 Å². The smallest absolute Gasteiger partial charge is 0.322 e. The summed E-state index contributed by atoms with van der Waals surface area (Å²) in [5.41, 5.74) is 0. The lowest BCUT2D eigenvalue weighted by atomic mass is 10.4. The monoisotopic (exact) mass is 317 g/mol. The van der Waals surface area contributed by atoms with Gasteiger partial charge in [0.05, 0.1) is 0 Å². The minimum atomic E-state index is -5.24. The van der Waals surface area contributed by atoms with Crippen molar-refractivity contribution in [2.45, 2.75) is 4.90 Å². The summed E-state index contributed by atoms with van der Waals surface area (Å²) in [6.45, 7) is -5.24. The quantitative estimate of drug-likeness (QED) is 0.408. The zero-order valence-corrected chi connectivity index (χ0v) is 11.4. The maximum atomic E-state index is 10.6. The van der Waals surface area contributed by atoms with Crippen molar-refractivity contribution in [2.75, 3.05) is 0 Å².